The Morgan fingerprint density at radius 3 is 2.70 bits per heavy atom. The van der Waals surface area contributed by atoms with E-state index in [0.29, 0.717) is 25.2 Å². The average molecular weight is 383 g/mol. The van der Waals surface area contributed by atoms with E-state index in [0.717, 1.165) is 30.3 Å². The lowest BCUT2D eigenvalue weighted by Gasteiger charge is -2.35. The molecule has 0 saturated carbocycles. The zero-order valence-electron chi connectivity index (χ0n) is 13.1. The summed E-state index contributed by atoms with van der Waals surface area (Å²) < 4.78 is 0.949. The van der Waals surface area contributed by atoms with Crippen LogP contribution in [0.2, 0.25) is 0 Å². The number of amides is 3. The number of urea groups is 1. The standard InChI is InChI=1S/C16H23BrN4O2/c17-12-4-6-13(7-5-12)20-16(23)19-9-8-15(22)21-10-2-1-3-14(21)11-18/h4-7,14H,1-3,8-11,18H2,(H2,19,20,23). The van der Waals surface area contributed by atoms with Crippen LogP contribution in [0, 0.1) is 0 Å². The molecule has 1 aliphatic rings. The summed E-state index contributed by atoms with van der Waals surface area (Å²) in [5.74, 6) is 0.0593. The lowest BCUT2D eigenvalue weighted by molar-refractivity contribution is -0.134. The quantitative estimate of drug-likeness (QED) is 0.729. The summed E-state index contributed by atoms with van der Waals surface area (Å²) in [6, 6.07) is 7.13. The number of nitrogens with zero attached hydrogens (tertiary/aromatic N) is 1. The Balaban J connectivity index is 1.72. The second kappa shape index (κ2) is 8.88. The maximum atomic E-state index is 12.2. The van der Waals surface area contributed by atoms with Crippen LogP contribution >= 0.6 is 15.9 Å². The van der Waals surface area contributed by atoms with E-state index in [4.69, 9.17) is 5.73 Å². The number of nitrogens with two attached hydrogens (primary N) is 1. The minimum absolute atomic E-state index is 0.0593. The van der Waals surface area contributed by atoms with Crippen LogP contribution in [-0.2, 0) is 4.79 Å². The molecule has 4 N–H and O–H groups in total. The number of hydrogen-bond acceptors (Lipinski definition) is 3. The fraction of sp³-hybridized carbons (Fsp3) is 0.500. The first-order chi connectivity index (χ1) is 11.1. The molecular weight excluding hydrogens is 360 g/mol. The van der Waals surface area contributed by atoms with Crippen molar-refractivity contribution >= 4 is 33.6 Å². The molecule has 0 radical (unpaired) electrons. The van der Waals surface area contributed by atoms with Gasteiger partial charge in [-0.3, -0.25) is 4.79 Å². The summed E-state index contributed by atoms with van der Waals surface area (Å²) >= 11 is 3.34. The molecule has 1 atom stereocenters. The van der Waals surface area contributed by atoms with Gasteiger partial charge >= 0.3 is 6.03 Å². The fourth-order valence-electron chi connectivity index (χ4n) is 2.71. The van der Waals surface area contributed by atoms with Crippen LogP contribution in [0.3, 0.4) is 0 Å². The number of likely N-dealkylation sites (tertiary alicyclic amines) is 1. The van der Waals surface area contributed by atoms with Gasteiger partial charge in [-0.15, -0.1) is 0 Å². The molecule has 1 aromatic carbocycles. The second-order valence-corrected chi connectivity index (χ2v) is 6.53. The SMILES string of the molecule is NCC1CCCCN1C(=O)CCNC(=O)Nc1ccc(Br)cc1. The maximum Gasteiger partial charge on any atom is 0.319 e. The Morgan fingerprint density at radius 1 is 1.26 bits per heavy atom. The van der Waals surface area contributed by atoms with E-state index in [9.17, 15) is 9.59 Å². The largest absolute Gasteiger partial charge is 0.338 e. The summed E-state index contributed by atoms with van der Waals surface area (Å²) in [6.07, 6.45) is 3.42. The number of piperidine rings is 1. The van der Waals surface area contributed by atoms with Crippen LogP contribution in [0.5, 0.6) is 0 Å². The van der Waals surface area contributed by atoms with Crippen molar-refractivity contribution in [2.45, 2.75) is 31.7 Å². The number of rotatable bonds is 5. The van der Waals surface area contributed by atoms with Crippen molar-refractivity contribution < 1.29 is 9.59 Å². The number of halogens is 1. The number of carbonyl (C=O) groups is 2. The topological polar surface area (TPSA) is 87.5 Å². The Bertz CT molecular complexity index is 535. The van der Waals surface area contributed by atoms with Gasteiger partial charge < -0.3 is 21.3 Å². The summed E-state index contributed by atoms with van der Waals surface area (Å²) in [5, 5.41) is 5.43. The summed E-state index contributed by atoms with van der Waals surface area (Å²) in [7, 11) is 0. The number of hydrogen-bond donors (Lipinski definition) is 3. The van der Waals surface area contributed by atoms with Crippen molar-refractivity contribution in [3.05, 3.63) is 28.7 Å². The second-order valence-electron chi connectivity index (χ2n) is 5.61. The molecule has 0 spiro atoms. The van der Waals surface area contributed by atoms with Crippen molar-refractivity contribution in [1.29, 1.82) is 0 Å². The molecule has 1 unspecified atom stereocenters. The minimum atomic E-state index is -0.311. The van der Waals surface area contributed by atoms with Gasteiger partial charge in [-0.05, 0) is 43.5 Å². The summed E-state index contributed by atoms with van der Waals surface area (Å²) in [4.78, 5) is 25.9. The molecule has 0 aromatic heterocycles. The Labute approximate surface area is 144 Å². The van der Waals surface area contributed by atoms with Gasteiger partial charge in [0.15, 0.2) is 0 Å². The van der Waals surface area contributed by atoms with E-state index in [1.807, 2.05) is 17.0 Å². The third-order valence-corrected chi connectivity index (χ3v) is 4.47. The summed E-state index contributed by atoms with van der Waals surface area (Å²) in [5.41, 5.74) is 6.43. The highest BCUT2D eigenvalue weighted by molar-refractivity contribution is 9.10. The monoisotopic (exact) mass is 382 g/mol. The molecule has 1 saturated heterocycles. The van der Waals surface area contributed by atoms with Crippen LogP contribution in [-0.4, -0.2) is 42.5 Å². The van der Waals surface area contributed by atoms with E-state index < -0.39 is 0 Å². The van der Waals surface area contributed by atoms with Gasteiger partial charge in [-0.1, -0.05) is 15.9 Å². The van der Waals surface area contributed by atoms with Gasteiger partial charge in [0.25, 0.3) is 0 Å². The van der Waals surface area contributed by atoms with E-state index in [-0.39, 0.29) is 18.0 Å². The molecule has 1 heterocycles. The third-order valence-electron chi connectivity index (χ3n) is 3.95. The highest BCUT2D eigenvalue weighted by Gasteiger charge is 2.24. The number of nitrogens with one attached hydrogen (secondary N) is 2. The van der Waals surface area contributed by atoms with E-state index >= 15 is 0 Å². The van der Waals surface area contributed by atoms with Crippen LogP contribution < -0.4 is 16.4 Å². The van der Waals surface area contributed by atoms with Crippen LogP contribution in [0.25, 0.3) is 0 Å². The zero-order valence-corrected chi connectivity index (χ0v) is 14.6. The van der Waals surface area contributed by atoms with Crippen LogP contribution in [0.4, 0.5) is 10.5 Å². The van der Waals surface area contributed by atoms with Crippen molar-refractivity contribution in [3.63, 3.8) is 0 Å². The van der Waals surface area contributed by atoms with E-state index in [1.165, 1.54) is 0 Å². The molecule has 126 valence electrons. The molecule has 1 aromatic rings. The lowest BCUT2D eigenvalue weighted by atomic mass is 10.0. The first-order valence-electron chi connectivity index (χ1n) is 7.90. The average Bonchev–Trinajstić information content (AvgIpc) is 2.56. The fourth-order valence-corrected chi connectivity index (χ4v) is 2.97. The van der Waals surface area contributed by atoms with Gasteiger partial charge in [0.2, 0.25) is 5.91 Å². The van der Waals surface area contributed by atoms with E-state index in [1.54, 1.807) is 12.1 Å². The lowest BCUT2D eigenvalue weighted by Crippen LogP contribution is -2.48. The van der Waals surface area contributed by atoms with Crippen molar-refractivity contribution in [2.75, 3.05) is 25.0 Å². The highest BCUT2D eigenvalue weighted by Crippen LogP contribution is 2.17. The molecule has 0 bridgehead atoms. The molecule has 0 aliphatic carbocycles. The molecule has 7 heteroatoms. The molecule has 1 aliphatic heterocycles. The molecular formula is C16H23BrN4O2. The van der Waals surface area contributed by atoms with Gasteiger partial charge in [0.1, 0.15) is 0 Å². The predicted octanol–water partition coefficient (Wildman–Crippen LogP) is 2.30. The van der Waals surface area contributed by atoms with Crippen molar-refractivity contribution in [2.24, 2.45) is 5.73 Å². The normalized spacial score (nSPS) is 17.7. The van der Waals surface area contributed by atoms with Gasteiger partial charge in [0, 0.05) is 42.3 Å². The molecule has 1 fully saturated rings. The molecule has 6 nitrogen and oxygen atoms in total. The van der Waals surface area contributed by atoms with Crippen LogP contribution in [0.1, 0.15) is 25.7 Å². The Kier molecular flexibility index (Phi) is 6.85. The van der Waals surface area contributed by atoms with Crippen molar-refractivity contribution in [1.82, 2.24) is 10.2 Å². The number of anilines is 1. The van der Waals surface area contributed by atoms with Gasteiger partial charge in [0.05, 0.1) is 0 Å². The number of carbonyl (C=O) groups excluding carboxylic acids is 2. The smallest absolute Gasteiger partial charge is 0.319 e. The van der Waals surface area contributed by atoms with Crippen LogP contribution in [0.15, 0.2) is 28.7 Å². The number of benzene rings is 1. The first-order valence-corrected chi connectivity index (χ1v) is 8.69. The summed E-state index contributed by atoms with van der Waals surface area (Å²) in [6.45, 7) is 1.59. The van der Waals surface area contributed by atoms with Gasteiger partial charge in [-0.2, -0.15) is 0 Å². The zero-order chi connectivity index (χ0) is 16.7. The Hall–Kier alpha value is -1.60. The highest BCUT2D eigenvalue weighted by atomic mass is 79.9. The maximum absolute atomic E-state index is 12.2. The molecule has 23 heavy (non-hydrogen) atoms. The Morgan fingerprint density at radius 2 is 2.00 bits per heavy atom. The van der Waals surface area contributed by atoms with Gasteiger partial charge in [-0.25, -0.2) is 4.79 Å². The minimum Gasteiger partial charge on any atom is -0.338 e. The van der Waals surface area contributed by atoms with E-state index in [2.05, 4.69) is 26.6 Å². The van der Waals surface area contributed by atoms with Crippen molar-refractivity contribution in [3.8, 4) is 0 Å². The molecule has 3 amide bonds. The predicted molar refractivity (Wildman–Crippen MR) is 94.2 cm³/mol. The third kappa shape index (κ3) is 5.51. The molecule has 2 rings (SSSR count). The first kappa shape index (κ1) is 17.7.